The van der Waals surface area contributed by atoms with E-state index >= 15 is 0 Å². The molecule has 0 aliphatic carbocycles. The van der Waals surface area contributed by atoms with Gasteiger partial charge in [0, 0.05) is 11.6 Å². The maximum Gasteiger partial charge on any atom is 0.268 e. The van der Waals surface area contributed by atoms with E-state index in [0.717, 1.165) is 0 Å². The van der Waals surface area contributed by atoms with Gasteiger partial charge in [-0.15, -0.1) is 0 Å². The molecule has 1 atom stereocenters. The topological polar surface area (TPSA) is 47.9 Å². The Balaban J connectivity index is 2.43. The van der Waals surface area contributed by atoms with Gasteiger partial charge in [0.15, 0.2) is 11.5 Å². The summed E-state index contributed by atoms with van der Waals surface area (Å²) in [7, 11) is 1.33. The Hall–Kier alpha value is -1.56. The fourth-order valence-electron chi connectivity index (χ4n) is 1.48. The number of halogens is 2. The minimum absolute atomic E-state index is 0.0123. The lowest BCUT2D eigenvalue weighted by atomic mass is 10.1. The Morgan fingerprint density at radius 2 is 1.94 bits per heavy atom. The summed E-state index contributed by atoms with van der Waals surface area (Å²) >= 11 is 0. The van der Waals surface area contributed by atoms with E-state index in [1.54, 1.807) is 0 Å². The summed E-state index contributed by atoms with van der Waals surface area (Å²) in [6.45, 7) is 0.0344. The van der Waals surface area contributed by atoms with Gasteiger partial charge in [-0.2, -0.15) is 0 Å². The van der Waals surface area contributed by atoms with Crippen LogP contribution in [-0.2, 0) is 0 Å². The van der Waals surface area contributed by atoms with Gasteiger partial charge in [0.05, 0.1) is 7.11 Å². The van der Waals surface area contributed by atoms with Crippen LogP contribution in [-0.4, -0.2) is 25.4 Å². The smallest absolute Gasteiger partial charge is 0.268 e. The SMILES string of the molecule is COc1cc2c(cc1C(O)C(F)F)OCO2. The molecular weight excluding hydrogens is 222 g/mol. The number of fused-ring (bicyclic) bond motifs is 1. The van der Waals surface area contributed by atoms with Crippen molar-refractivity contribution in [3.8, 4) is 17.2 Å². The van der Waals surface area contributed by atoms with Crippen LogP contribution in [0.15, 0.2) is 12.1 Å². The average molecular weight is 232 g/mol. The third kappa shape index (κ3) is 1.76. The van der Waals surface area contributed by atoms with E-state index in [9.17, 15) is 13.9 Å². The van der Waals surface area contributed by atoms with Crippen molar-refractivity contribution in [3.63, 3.8) is 0 Å². The molecule has 1 aliphatic rings. The molecule has 88 valence electrons. The number of benzene rings is 1. The Labute approximate surface area is 90.4 Å². The molecule has 0 aromatic heterocycles. The molecule has 1 aliphatic heterocycles. The number of rotatable bonds is 3. The highest BCUT2D eigenvalue weighted by atomic mass is 19.3. The van der Waals surface area contributed by atoms with E-state index in [1.807, 2.05) is 0 Å². The number of aliphatic hydroxyl groups is 1. The molecule has 0 saturated carbocycles. The molecule has 1 unspecified atom stereocenters. The number of hydrogen-bond acceptors (Lipinski definition) is 4. The Morgan fingerprint density at radius 3 is 2.50 bits per heavy atom. The summed E-state index contributed by atoms with van der Waals surface area (Å²) < 4.78 is 39.8. The standard InChI is InChI=1S/C10H10F2O4/c1-14-6-3-8-7(15-4-16-8)2-5(6)9(13)10(11)12/h2-3,9-10,13H,4H2,1H3. The molecule has 0 radical (unpaired) electrons. The van der Waals surface area contributed by atoms with Gasteiger partial charge in [0.2, 0.25) is 6.79 Å². The van der Waals surface area contributed by atoms with E-state index in [2.05, 4.69) is 0 Å². The molecule has 2 rings (SSSR count). The molecule has 0 fully saturated rings. The van der Waals surface area contributed by atoms with Crippen LogP contribution < -0.4 is 14.2 Å². The quantitative estimate of drug-likeness (QED) is 0.862. The van der Waals surface area contributed by atoms with Crippen molar-refractivity contribution in [2.24, 2.45) is 0 Å². The van der Waals surface area contributed by atoms with Crippen molar-refractivity contribution in [2.75, 3.05) is 13.9 Å². The van der Waals surface area contributed by atoms with E-state index in [1.165, 1.54) is 19.2 Å². The maximum absolute atomic E-state index is 12.4. The average Bonchev–Trinajstić information content (AvgIpc) is 2.72. The van der Waals surface area contributed by atoms with Crippen molar-refractivity contribution in [1.29, 1.82) is 0 Å². The highest BCUT2D eigenvalue weighted by Gasteiger charge is 2.26. The van der Waals surface area contributed by atoms with E-state index in [-0.39, 0.29) is 18.1 Å². The predicted octanol–water partition coefficient (Wildman–Crippen LogP) is 1.72. The van der Waals surface area contributed by atoms with Crippen molar-refractivity contribution in [2.45, 2.75) is 12.5 Å². The molecule has 1 aromatic rings. The first-order chi connectivity index (χ1) is 7.63. The normalized spacial score (nSPS) is 15.3. The lowest BCUT2D eigenvalue weighted by Crippen LogP contribution is -2.09. The van der Waals surface area contributed by atoms with Gasteiger partial charge in [-0.1, -0.05) is 0 Å². The number of hydrogen-bond donors (Lipinski definition) is 1. The zero-order valence-corrected chi connectivity index (χ0v) is 8.44. The van der Waals surface area contributed by atoms with Crippen LogP contribution in [0.1, 0.15) is 11.7 Å². The Bertz CT molecular complexity index is 395. The van der Waals surface area contributed by atoms with Crippen LogP contribution in [0.5, 0.6) is 17.2 Å². The molecule has 0 saturated heterocycles. The number of aliphatic hydroxyl groups excluding tert-OH is 1. The molecule has 1 N–H and O–H groups in total. The molecule has 0 spiro atoms. The van der Waals surface area contributed by atoms with Crippen LogP contribution in [0.25, 0.3) is 0 Å². The second-order valence-electron chi connectivity index (χ2n) is 3.23. The van der Waals surface area contributed by atoms with Crippen molar-refractivity contribution >= 4 is 0 Å². The van der Waals surface area contributed by atoms with Crippen LogP contribution in [0.3, 0.4) is 0 Å². The summed E-state index contributed by atoms with van der Waals surface area (Å²) in [6.07, 6.45) is -4.78. The third-order valence-electron chi connectivity index (χ3n) is 2.28. The third-order valence-corrected chi connectivity index (χ3v) is 2.28. The molecule has 0 amide bonds. The molecule has 16 heavy (non-hydrogen) atoms. The Kier molecular flexibility index (Phi) is 2.82. The highest BCUT2D eigenvalue weighted by molar-refractivity contribution is 5.52. The van der Waals surface area contributed by atoms with Gasteiger partial charge >= 0.3 is 0 Å². The van der Waals surface area contributed by atoms with E-state index in [0.29, 0.717) is 11.5 Å². The first-order valence-corrected chi connectivity index (χ1v) is 4.57. The highest BCUT2D eigenvalue weighted by Crippen LogP contribution is 2.41. The van der Waals surface area contributed by atoms with Gasteiger partial charge in [0.1, 0.15) is 11.9 Å². The molecule has 6 heteroatoms. The summed E-state index contributed by atoms with van der Waals surface area (Å²) in [5.41, 5.74) is -0.0123. The second-order valence-corrected chi connectivity index (χ2v) is 3.23. The van der Waals surface area contributed by atoms with Gasteiger partial charge < -0.3 is 19.3 Å². The monoisotopic (exact) mass is 232 g/mol. The summed E-state index contributed by atoms with van der Waals surface area (Å²) in [5, 5.41) is 9.31. The first-order valence-electron chi connectivity index (χ1n) is 4.57. The zero-order chi connectivity index (χ0) is 11.7. The van der Waals surface area contributed by atoms with E-state index < -0.39 is 12.5 Å². The second kappa shape index (κ2) is 4.13. The molecule has 4 nitrogen and oxygen atoms in total. The number of methoxy groups -OCH3 is 1. The van der Waals surface area contributed by atoms with Gasteiger partial charge in [0.25, 0.3) is 6.43 Å². The van der Waals surface area contributed by atoms with Crippen LogP contribution in [0.4, 0.5) is 8.78 Å². The lowest BCUT2D eigenvalue weighted by molar-refractivity contribution is -0.00706. The minimum Gasteiger partial charge on any atom is -0.496 e. The summed E-state index contributed by atoms with van der Waals surface area (Å²) in [6, 6.07) is 2.72. The number of ether oxygens (including phenoxy) is 3. The fourth-order valence-corrected chi connectivity index (χ4v) is 1.48. The van der Waals surface area contributed by atoms with Crippen molar-refractivity contribution in [3.05, 3.63) is 17.7 Å². The van der Waals surface area contributed by atoms with Gasteiger partial charge in [-0.25, -0.2) is 8.78 Å². The zero-order valence-electron chi connectivity index (χ0n) is 8.44. The van der Waals surface area contributed by atoms with Crippen LogP contribution >= 0.6 is 0 Å². The minimum atomic E-state index is -2.88. The molecular formula is C10H10F2O4. The number of alkyl halides is 2. The van der Waals surface area contributed by atoms with Crippen LogP contribution in [0.2, 0.25) is 0 Å². The van der Waals surface area contributed by atoms with Crippen LogP contribution in [0, 0.1) is 0 Å². The maximum atomic E-state index is 12.4. The first kappa shape index (κ1) is 10.9. The predicted molar refractivity (Wildman–Crippen MR) is 50.1 cm³/mol. The molecule has 0 bridgehead atoms. The lowest BCUT2D eigenvalue weighted by Gasteiger charge is -2.14. The fraction of sp³-hybridized carbons (Fsp3) is 0.400. The molecule has 1 aromatic carbocycles. The summed E-state index contributed by atoms with van der Waals surface area (Å²) in [5.74, 6) is 0.898. The van der Waals surface area contributed by atoms with Gasteiger partial charge in [-0.05, 0) is 6.07 Å². The van der Waals surface area contributed by atoms with E-state index in [4.69, 9.17) is 14.2 Å². The van der Waals surface area contributed by atoms with Gasteiger partial charge in [-0.3, -0.25) is 0 Å². The Morgan fingerprint density at radius 1 is 1.31 bits per heavy atom. The largest absolute Gasteiger partial charge is 0.496 e. The van der Waals surface area contributed by atoms with Crippen molar-refractivity contribution < 1.29 is 28.1 Å². The molecule has 1 heterocycles. The van der Waals surface area contributed by atoms with Crippen molar-refractivity contribution in [1.82, 2.24) is 0 Å². The summed E-state index contributed by atoms with van der Waals surface area (Å²) in [4.78, 5) is 0.